The molecule has 0 spiro atoms. The molecule has 4 fully saturated rings. The Morgan fingerprint density at radius 1 is 0.905 bits per heavy atom. The van der Waals surface area contributed by atoms with E-state index in [2.05, 4.69) is 16.7 Å². The van der Waals surface area contributed by atoms with Gasteiger partial charge in [-0.15, -0.1) is 0 Å². The van der Waals surface area contributed by atoms with E-state index < -0.39 is 17.3 Å². The van der Waals surface area contributed by atoms with Crippen molar-refractivity contribution in [2.45, 2.75) is 123 Å². The number of ether oxygens (including phenoxy) is 2. The number of carbonyl (C=O) groups is 5. The molecule has 3 aliphatic carbocycles. The van der Waals surface area contributed by atoms with Crippen LogP contribution in [0.5, 0.6) is 0 Å². The topological polar surface area (TPSA) is 131 Å². The molecule has 0 radical (unpaired) electrons. The Morgan fingerprint density at radius 2 is 1.52 bits per heavy atom. The molecule has 234 valence electrons. The number of nitrogens with one attached hydrogen (secondary N) is 2. The smallest absolute Gasteiger partial charge is 1.00 e. The Kier molecular flexibility index (Phi) is 15.8. The number of hydrogen-bond acceptors (Lipinski definition) is 7. The summed E-state index contributed by atoms with van der Waals surface area (Å²) in [7, 11) is 0. The van der Waals surface area contributed by atoms with Crippen LogP contribution in [0.3, 0.4) is 0 Å². The number of nitrogens with zero attached hydrogens (tertiary/aromatic N) is 1. The summed E-state index contributed by atoms with van der Waals surface area (Å²) in [5.74, 6) is 0.772. The minimum Gasteiger partial charge on any atom is -1.00 e. The van der Waals surface area contributed by atoms with Gasteiger partial charge in [-0.05, 0) is 93.4 Å². The van der Waals surface area contributed by atoms with E-state index in [1.54, 1.807) is 6.92 Å². The van der Waals surface area contributed by atoms with Crippen molar-refractivity contribution in [1.29, 1.82) is 0 Å². The number of amides is 4. The number of hydrogen-bond donors (Lipinski definition) is 2. The zero-order chi connectivity index (χ0) is 29.1. The van der Waals surface area contributed by atoms with Crippen LogP contribution >= 0.6 is 0 Å². The maximum Gasteiger partial charge on any atom is 2.00 e. The monoisotopic (exact) mass is 665 g/mol. The van der Waals surface area contributed by atoms with E-state index in [0.717, 1.165) is 44.9 Å². The van der Waals surface area contributed by atoms with Crippen LogP contribution in [0.4, 0.5) is 9.59 Å². The molecular weight excluding hydrogens is 619 g/mol. The molecule has 42 heavy (non-hydrogen) atoms. The zero-order valence-corrected chi connectivity index (χ0v) is 29.5. The maximum absolute atomic E-state index is 11.7. The van der Waals surface area contributed by atoms with Crippen molar-refractivity contribution in [1.82, 2.24) is 15.5 Å². The van der Waals surface area contributed by atoms with Crippen LogP contribution in [-0.2, 0) is 23.9 Å². The van der Waals surface area contributed by atoms with Gasteiger partial charge in [-0.1, -0.05) is 12.2 Å². The van der Waals surface area contributed by atoms with Crippen molar-refractivity contribution in [3.05, 3.63) is 19.6 Å². The van der Waals surface area contributed by atoms with Crippen molar-refractivity contribution < 1.29 is 50.4 Å². The molecule has 12 heteroatoms. The molecule has 4 bridgehead atoms. The number of piperidine rings is 1. The molecule has 5 aliphatic rings. The average Bonchev–Trinajstić information content (AvgIpc) is 3.59. The summed E-state index contributed by atoms with van der Waals surface area (Å²) in [6.45, 7) is 12.5. The third-order valence-corrected chi connectivity index (χ3v) is 7.42. The fourth-order valence-corrected chi connectivity index (χ4v) is 5.59. The molecule has 4 amide bonds. The average molecular weight is 667 g/mol. The molecule has 2 saturated heterocycles. The number of alkyl carbamates (subject to hydrolysis) is 1. The van der Waals surface area contributed by atoms with Crippen molar-refractivity contribution in [3.8, 4) is 0 Å². The Labute approximate surface area is 277 Å². The van der Waals surface area contributed by atoms with Crippen LogP contribution in [-0.4, -0.2) is 87.1 Å². The van der Waals surface area contributed by atoms with Crippen LogP contribution < -0.4 is 27.6 Å². The van der Waals surface area contributed by atoms with Crippen molar-refractivity contribution in [3.63, 3.8) is 0 Å². The van der Waals surface area contributed by atoms with Gasteiger partial charge in [0.1, 0.15) is 17.0 Å². The van der Waals surface area contributed by atoms with Gasteiger partial charge in [-0.25, -0.2) is 14.5 Å². The van der Waals surface area contributed by atoms with Gasteiger partial charge in [-0.2, -0.15) is 0 Å². The number of likely N-dealkylation sites (tertiary alicyclic amines) is 1. The van der Waals surface area contributed by atoms with E-state index in [4.69, 9.17) is 9.47 Å². The number of fused-ring (bicyclic) bond motifs is 4. The molecule has 4 unspecified atom stereocenters. The third kappa shape index (κ3) is 11.8. The number of imide groups is 1. The van der Waals surface area contributed by atoms with Crippen molar-refractivity contribution >= 4 is 52.8 Å². The summed E-state index contributed by atoms with van der Waals surface area (Å²) in [4.78, 5) is 58.1. The molecule has 6 atom stereocenters. The van der Waals surface area contributed by atoms with Gasteiger partial charge in [0.25, 0.3) is 0 Å². The molecule has 0 aromatic heterocycles. The van der Waals surface area contributed by atoms with E-state index in [-0.39, 0.29) is 101 Å². The normalized spacial score (nSPS) is 28.0. The summed E-state index contributed by atoms with van der Waals surface area (Å²) in [6, 6.07) is 0.550. The summed E-state index contributed by atoms with van der Waals surface area (Å²) < 4.78 is 10.4. The second-order valence-corrected chi connectivity index (χ2v) is 13.2. The van der Waals surface area contributed by atoms with Crippen LogP contribution in [0.2, 0.25) is 0 Å². The Morgan fingerprint density at radius 3 is 1.90 bits per heavy atom. The van der Waals surface area contributed by atoms with Crippen LogP contribution in [0.15, 0.2) is 12.2 Å². The third-order valence-electron chi connectivity index (χ3n) is 7.42. The van der Waals surface area contributed by atoms with Gasteiger partial charge in [0.05, 0.1) is 5.92 Å². The second kappa shape index (κ2) is 16.4. The van der Waals surface area contributed by atoms with Gasteiger partial charge in [0.15, 0.2) is 0 Å². The first-order valence-corrected chi connectivity index (χ1v) is 14.1. The van der Waals surface area contributed by atoms with Gasteiger partial charge in [0.2, 0.25) is 11.8 Å². The molecule has 2 N–H and O–H groups in total. The SMILES string of the molecule is CC(=O)[C@@H]1CC[C@H](NC(=O)OC(C)(C)C)C1.CC(C)(C)OC(=O)N1C(=O)C2CCC1C2.O=C1NC2C=CC1C2.[Br-].[CH3-].[Mg+2]. The zero-order valence-electron chi connectivity index (χ0n) is 26.5. The fourth-order valence-electron chi connectivity index (χ4n) is 5.59. The Balaban J connectivity index is 0.000000604. The standard InChI is InChI=1S/C12H21NO3.C11H17NO3.C6H7NO.CH3.BrH.Mg/c1-8(14)9-5-6-10(7-9)13-11(15)16-12(2,3)4;1-11(2,3)15-10(14)12-8-5-4-7(6-8)9(12)13;8-6-4-1-2-5(3-4)7-6;;;/h9-10H,5-7H2,1-4H3,(H,13,15);7-8H,4-6H2,1-3H3;1-2,4-5H,3H2,(H,7,8);1H3;1H;/q;;;-1;;+2/p-1/t9-,10+;;;;;/m1...../s1. The minimum atomic E-state index is -0.529. The molecule has 0 aromatic carbocycles. The van der Waals surface area contributed by atoms with Gasteiger partial charge in [0, 0.05) is 30.0 Å². The number of ketones is 1. The van der Waals surface area contributed by atoms with Gasteiger partial charge in [-0.3, -0.25) is 14.4 Å². The summed E-state index contributed by atoms with van der Waals surface area (Å²) >= 11 is 0. The Hall–Kier alpha value is -1.66. The van der Waals surface area contributed by atoms with E-state index in [1.807, 2.05) is 47.6 Å². The first-order valence-electron chi connectivity index (χ1n) is 14.1. The number of carbonyl (C=O) groups excluding carboxylic acids is 5. The summed E-state index contributed by atoms with van der Waals surface area (Å²) in [5.41, 5.74) is -0.998. The molecule has 0 aromatic rings. The first-order chi connectivity index (χ1) is 18.0. The van der Waals surface area contributed by atoms with E-state index in [9.17, 15) is 24.0 Å². The molecule has 5 rings (SSSR count). The number of Topliss-reactive ketones (excluding diaryl/α,β-unsaturated/α-hetero) is 1. The molecule has 10 nitrogen and oxygen atoms in total. The molecule has 2 heterocycles. The molecule has 2 saturated carbocycles. The predicted octanol–water partition coefficient (Wildman–Crippen LogP) is 1.34. The molecular formula is C30H48BrMgN3O7. The van der Waals surface area contributed by atoms with Gasteiger partial charge >= 0.3 is 35.2 Å². The van der Waals surface area contributed by atoms with Crippen LogP contribution in [0.25, 0.3) is 0 Å². The van der Waals surface area contributed by atoms with E-state index in [0.29, 0.717) is 6.04 Å². The van der Waals surface area contributed by atoms with E-state index in [1.165, 1.54) is 4.90 Å². The summed E-state index contributed by atoms with van der Waals surface area (Å²) in [5, 5.41) is 5.63. The number of rotatable bonds is 2. The number of halogens is 1. The summed E-state index contributed by atoms with van der Waals surface area (Å²) in [6.07, 6.45) is 9.38. The second-order valence-electron chi connectivity index (χ2n) is 13.2. The fraction of sp³-hybridized carbons (Fsp3) is 0.733. The largest absolute Gasteiger partial charge is 2.00 e. The van der Waals surface area contributed by atoms with Crippen LogP contribution in [0, 0.1) is 25.2 Å². The maximum atomic E-state index is 11.7. The Bertz CT molecular complexity index is 1010. The van der Waals surface area contributed by atoms with Crippen LogP contribution in [0.1, 0.15) is 93.4 Å². The van der Waals surface area contributed by atoms with E-state index >= 15 is 0 Å². The van der Waals surface area contributed by atoms with Gasteiger partial charge < -0.3 is 44.5 Å². The quantitative estimate of drug-likeness (QED) is 0.259. The minimum absolute atomic E-state index is 0. The predicted molar refractivity (Wildman–Crippen MR) is 157 cm³/mol. The van der Waals surface area contributed by atoms with Crippen molar-refractivity contribution in [2.24, 2.45) is 17.8 Å². The van der Waals surface area contributed by atoms with Crippen molar-refractivity contribution in [2.75, 3.05) is 0 Å². The molecule has 2 aliphatic heterocycles. The first kappa shape index (κ1) is 40.3.